The predicted octanol–water partition coefficient (Wildman–Crippen LogP) is 0.700. The van der Waals surface area contributed by atoms with E-state index in [9.17, 15) is 24.0 Å². The topological polar surface area (TPSA) is 167 Å². The number of aliphatic hydroxyl groups excluding tert-OH is 1. The number of carbonyl (C=O) groups is 2. The fourth-order valence-corrected chi connectivity index (χ4v) is 3.06. The third kappa shape index (κ3) is 8.35. The summed E-state index contributed by atoms with van der Waals surface area (Å²) in [6, 6.07) is 0. The summed E-state index contributed by atoms with van der Waals surface area (Å²) in [5, 5.41) is 9.06. The molecule has 14 nitrogen and oxygen atoms in total. The summed E-state index contributed by atoms with van der Waals surface area (Å²) in [7, 11) is 0. The molecule has 0 bridgehead atoms. The van der Waals surface area contributed by atoms with Gasteiger partial charge in [-0.3, -0.25) is 0 Å². The van der Waals surface area contributed by atoms with Crippen molar-refractivity contribution < 1.29 is 38.4 Å². The maximum absolute atomic E-state index is 13.3. The molecule has 5 unspecified atom stereocenters. The number of carbonyl (C=O) groups excluding carboxylic acids is 2. The number of esters is 2. The largest absolute Gasteiger partial charge is 0.433 e. The molecule has 0 aromatic carbocycles. The van der Waals surface area contributed by atoms with Crippen LogP contribution < -0.4 is 17.1 Å². The highest BCUT2D eigenvalue weighted by Crippen LogP contribution is 2.12. The van der Waals surface area contributed by atoms with Gasteiger partial charge in [-0.25, -0.2) is 37.7 Å². The first-order valence-corrected chi connectivity index (χ1v) is 11.4. The molecule has 1 heterocycles. The summed E-state index contributed by atoms with van der Waals surface area (Å²) in [4.78, 5) is 63.4. The van der Waals surface area contributed by atoms with Crippen molar-refractivity contribution in [2.75, 3.05) is 13.2 Å². The average Bonchev–Trinajstić information content (AvgIpc) is 2.76. The van der Waals surface area contributed by atoms with Crippen molar-refractivity contribution >= 4 is 11.9 Å². The van der Waals surface area contributed by atoms with Crippen molar-refractivity contribution in [2.45, 2.75) is 79.7 Å². The maximum atomic E-state index is 13.3. The van der Waals surface area contributed by atoms with Crippen LogP contribution in [0.1, 0.15) is 67.1 Å². The van der Waals surface area contributed by atoms with Crippen LogP contribution in [0.15, 0.2) is 38.7 Å². The molecule has 0 aliphatic carbocycles. The molecule has 0 saturated heterocycles. The second-order valence-electron chi connectivity index (χ2n) is 8.13. The standard InChI is InChI=1S/C23H35N3O11/c1-12(2)19(28)36-17(8)34-15(6)25-21(30)24(14(5)33-11-10-27)22(31)26(23(25)32)16(7)35-18(9)37-20(29)13(3)4/h14-18,27H,1,3,10-11H2,2,4-9H3. The Labute approximate surface area is 213 Å². The summed E-state index contributed by atoms with van der Waals surface area (Å²) in [6.07, 6.45) is -6.26. The summed E-state index contributed by atoms with van der Waals surface area (Å²) >= 11 is 0. The molecular weight excluding hydrogens is 494 g/mol. The van der Waals surface area contributed by atoms with E-state index in [1.807, 2.05) is 0 Å². The van der Waals surface area contributed by atoms with Gasteiger partial charge in [-0.1, -0.05) is 13.2 Å². The number of rotatable bonds is 14. The van der Waals surface area contributed by atoms with Gasteiger partial charge in [0.2, 0.25) is 12.6 Å². The van der Waals surface area contributed by atoms with Gasteiger partial charge in [-0.2, -0.15) is 0 Å². The molecule has 1 rings (SSSR count). The summed E-state index contributed by atoms with van der Waals surface area (Å²) in [5.74, 6) is -1.50. The van der Waals surface area contributed by atoms with Crippen LogP contribution in [0.5, 0.6) is 0 Å². The Bertz CT molecular complexity index is 1100. The Morgan fingerprint density at radius 3 is 1.35 bits per heavy atom. The van der Waals surface area contributed by atoms with Gasteiger partial charge < -0.3 is 28.8 Å². The van der Waals surface area contributed by atoms with E-state index in [1.165, 1.54) is 48.5 Å². The lowest BCUT2D eigenvalue weighted by Crippen LogP contribution is -2.57. The molecule has 0 radical (unpaired) electrons. The molecule has 1 N–H and O–H groups in total. The summed E-state index contributed by atoms with van der Waals surface area (Å²) < 4.78 is 28.3. The zero-order valence-corrected chi connectivity index (χ0v) is 22.1. The van der Waals surface area contributed by atoms with Crippen molar-refractivity contribution in [3.05, 3.63) is 55.8 Å². The minimum absolute atomic E-state index is 0.110. The molecule has 0 aliphatic heterocycles. The predicted molar refractivity (Wildman–Crippen MR) is 129 cm³/mol. The van der Waals surface area contributed by atoms with Crippen molar-refractivity contribution in [3.63, 3.8) is 0 Å². The van der Waals surface area contributed by atoms with Gasteiger partial charge in [0.25, 0.3) is 0 Å². The van der Waals surface area contributed by atoms with Crippen molar-refractivity contribution in [1.29, 1.82) is 0 Å². The van der Waals surface area contributed by atoms with Gasteiger partial charge in [-0.15, -0.1) is 0 Å². The van der Waals surface area contributed by atoms with E-state index in [0.29, 0.717) is 13.7 Å². The highest BCUT2D eigenvalue weighted by atomic mass is 16.7. The first kappa shape index (κ1) is 31.7. The van der Waals surface area contributed by atoms with Crippen LogP contribution >= 0.6 is 0 Å². The normalized spacial score (nSPS) is 15.2. The number of aliphatic hydroxyl groups is 1. The third-order valence-corrected chi connectivity index (χ3v) is 4.80. The molecule has 208 valence electrons. The zero-order valence-electron chi connectivity index (χ0n) is 22.1. The highest BCUT2D eigenvalue weighted by molar-refractivity contribution is 5.87. The molecular formula is C23H35N3O11. The second kappa shape index (κ2) is 13.8. The number of hydrogen-bond acceptors (Lipinski definition) is 11. The Hall–Kier alpha value is -3.33. The van der Waals surface area contributed by atoms with E-state index in [2.05, 4.69) is 13.2 Å². The van der Waals surface area contributed by atoms with E-state index in [0.717, 1.165) is 0 Å². The fraction of sp³-hybridized carbons (Fsp3) is 0.609. The van der Waals surface area contributed by atoms with Crippen molar-refractivity contribution in [2.24, 2.45) is 0 Å². The Balaban J connectivity index is 3.56. The molecule has 5 atom stereocenters. The maximum Gasteiger partial charge on any atom is 0.340 e. The van der Waals surface area contributed by atoms with Gasteiger partial charge in [0.15, 0.2) is 0 Å². The molecule has 1 aromatic rings. The van der Waals surface area contributed by atoms with E-state index < -0.39 is 60.3 Å². The van der Waals surface area contributed by atoms with Crippen LogP contribution in [0, 0.1) is 0 Å². The highest BCUT2D eigenvalue weighted by Gasteiger charge is 2.28. The molecule has 0 spiro atoms. The number of ether oxygens (including phenoxy) is 5. The minimum atomic E-state index is -1.33. The van der Waals surface area contributed by atoms with Gasteiger partial charge >= 0.3 is 29.0 Å². The third-order valence-electron chi connectivity index (χ3n) is 4.80. The minimum Gasteiger partial charge on any atom is -0.433 e. The van der Waals surface area contributed by atoms with Crippen LogP contribution in [0.2, 0.25) is 0 Å². The lowest BCUT2D eigenvalue weighted by Gasteiger charge is -2.26. The quantitative estimate of drug-likeness (QED) is 0.205. The second-order valence-corrected chi connectivity index (χ2v) is 8.13. The SMILES string of the molecule is C=C(C)C(=O)OC(C)OC(C)n1c(=O)n(C(C)OCCO)c(=O)n(C(C)OC(C)OC(=O)C(=C)C)c1=O. The number of aromatic nitrogens is 3. The fourth-order valence-electron chi connectivity index (χ4n) is 3.06. The van der Waals surface area contributed by atoms with Crippen molar-refractivity contribution in [1.82, 2.24) is 13.7 Å². The Kier molecular flexibility index (Phi) is 11.9. The van der Waals surface area contributed by atoms with Gasteiger partial charge in [-0.05, 0) is 48.5 Å². The molecule has 1 aromatic heterocycles. The summed E-state index contributed by atoms with van der Waals surface area (Å²) in [5.41, 5.74) is -3.07. The summed E-state index contributed by atoms with van der Waals surface area (Å²) in [6.45, 7) is 16.0. The first-order chi connectivity index (χ1) is 17.1. The lowest BCUT2D eigenvalue weighted by molar-refractivity contribution is -0.192. The van der Waals surface area contributed by atoms with Gasteiger partial charge in [0, 0.05) is 11.1 Å². The smallest absolute Gasteiger partial charge is 0.340 e. The Morgan fingerprint density at radius 1 is 0.730 bits per heavy atom. The molecule has 0 fully saturated rings. The van der Waals surface area contributed by atoms with E-state index in [4.69, 9.17) is 28.8 Å². The monoisotopic (exact) mass is 529 g/mol. The van der Waals surface area contributed by atoms with Crippen LogP contribution in [0.25, 0.3) is 0 Å². The van der Waals surface area contributed by atoms with E-state index >= 15 is 0 Å². The molecule has 14 heteroatoms. The number of nitrogens with zero attached hydrogens (tertiary/aromatic N) is 3. The molecule has 0 saturated carbocycles. The molecule has 37 heavy (non-hydrogen) atoms. The van der Waals surface area contributed by atoms with Crippen LogP contribution in [-0.4, -0.2) is 56.5 Å². The molecule has 0 amide bonds. The molecule has 0 aliphatic rings. The van der Waals surface area contributed by atoms with Gasteiger partial charge in [0.1, 0.15) is 18.7 Å². The van der Waals surface area contributed by atoms with Crippen molar-refractivity contribution in [3.8, 4) is 0 Å². The lowest BCUT2D eigenvalue weighted by atomic mass is 10.4. The van der Waals surface area contributed by atoms with E-state index in [1.54, 1.807) is 0 Å². The Morgan fingerprint density at radius 2 is 1.05 bits per heavy atom. The van der Waals surface area contributed by atoms with Crippen LogP contribution in [0.3, 0.4) is 0 Å². The van der Waals surface area contributed by atoms with Crippen LogP contribution in [-0.2, 0) is 33.3 Å². The zero-order chi connectivity index (χ0) is 28.6. The van der Waals surface area contributed by atoms with E-state index in [-0.39, 0.29) is 24.4 Å². The van der Waals surface area contributed by atoms with Gasteiger partial charge in [0.05, 0.1) is 13.2 Å². The first-order valence-electron chi connectivity index (χ1n) is 11.4. The number of hydrogen-bond donors (Lipinski definition) is 1. The van der Waals surface area contributed by atoms with Crippen LogP contribution in [0.4, 0.5) is 0 Å². The average molecular weight is 530 g/mol.